The normalized spacial score (nSPS) is 9.94. The fraction of sp³-hybridized carbons (Fsp3) is 0.333. The number of hydrogen-bond donors (Lipinski definition) is 2. The summed E-state index contributed by atoms with van der Waals surface area (Å²) >= 11 is 0. The van der Waals surface area contributed by atoms with Crippen LogP contribution in [-0.2, 0) is 16.1 Å². The number of ether oxygens (including phenoxy) is 1. The lowest BCUT2D eigenvalue weighted by molar-refractivity contribution is -0.117. The Hall–Kier alpha value is -1.88. The van der Waals surface area contributed by atoms with Crippen LogP contribution < -0.4 is 11.1 Å². The molecule has 1 rings (SSSR count). The summed E-state index contributed by atoms with van der Waals surface area (Å²) in [6.45, 7) is 1.18. The van der Waals surface area contributed by atoms with Crippen molar-refractivity contribution in [1.29, 1.82) is 0 Å². The minimum atomic E-state index is -0.349. The van der Waals surface area contributed by atoms with Crippen molar-refractivity contribution in [2.24, 2.45) is 5.73 Å². The molecule has 1 aromatic rings. The highest BCUT2D eigenvalue weighted by atomic mass is 16.5. The van der Waals surface area contributed by atoms with E-state index in [1.807, 2.05) is 12.1 Å². The molecule has 0 heterocycles. The van der Waals surface area contributed by atoms with Crippen molar-refractivity contribution in [2.45, 2.75) is 13.0 Å². The summed E-state index contributed by atoms with van der Waals surface area (Å²) < 4.78 is 4.60. The Labute approximate surface area is 99.9 Å². The van der Waals surface area contributed by atoms with Crippen molar-refractivity contribution in [1.82, 2.24) is 5.32 Å². The van der Waals surface area contributed by atoms with Crippen molar-refractivity contribution < 1.29 is 14.3 Å². The summed E-state index contributed by atoms with van der Waals surface area (Å²) in [5.41, 5.74) is 6.56. The number of nitrogens with two attached hydrogens (primary N) is 1. The number of rotatable bonds is 6. The minimum absolute atomic E-state index is 0.320. The smallest absolute Gasteiger partial charge is 0.337 e. The second-order valence-electron chi connectivity index (χ2n) is 3.58. The number of methoxy groups -OCH3 is 1. The van der Waals surface area contributed by atoms with Gasteiger partial charge in [0.05, 0.1) is 12.7 Å². The molecule has 0 spiro atoms. The van der Waals surface area contributed by atoms with Gasteiger partial charge in [0.1, 0.15) is 0 Å². The summed E-state index contributed by atoms with van der Waals surface area (Å²) in [6, 6.07) is 7.08. The first kappa shape index (κ1) is 13.2. The van der Waals surface area contributed by atoms with E-state index in [0.717, 1.165) is 5.56 Å². The third-order valence-electron chi connectivity index (χ3n) is 2.25. The van der Waals surface area contributed by atoms with Gasteiger partial charge in [-0.2, -0.15) is 0 Å². The molecule has 1 amide bonds. The number of esters is 1. The Morgan fingerprint density at radius 1 is 1.29 bits per heavy atom. The number of hydrogen-bond acceptors (Lipinski definition) is 4. The van der Waals surface area contributed by atoms with E-state index < -0.39 is 0 Å². The lowest BCUT2D eigenvalue weighted by Crippen LogP contribution is -2.21. The first-order chi connectivity index (χ1) is 8.13. The fourth-order valence-electron chi connectivity index (χ4n) is 1.32. The van der Waals surface area contributed by atoms with Gasteiger partial charge in [-0.1, -0.05) is 12.1 Å². The Morgan fingerprint density at radius 2 is 1.94 bits per heavy atom. The van der Waals surface area contributed by atoms with Crippen molar-refractivity contribution in [2.75, 3.05) is 13.7 Å². The van der Waals surface area contributed by atoms with Crippen LogP contribution >= 0.6 is 0 Å². The van der Waals surface area contributed by atoms with Gasteiger partial charge in [0.2, 0.25) is 5.91 Å². The number of amides is 1. The van der Waals surface area contributed by atoms with Gasteiger partial charge in [-0.15, -0.1) is 0 Å². The molecule has 0 radical (unpaired) electrons. The maximum Gasteiger partial charge on any atom is 0.337 e. The molecule has 92 valence electrons. The summed E-state index contributed by atoms with van der Waals surface area (Å²) in [5.74, 6) is -0.670. The summed E-state index contributed by atoms with van der Waals surface area (Å²) in [7, 11) is 1.35. The molecule has 3 N–H and O–H groups in total. The van der Waals surface area contributed by atoms with E-state index in [1.165, 1.54) is 7.11 Å². The molecule has 5 nitrogen and oxygen atoms in total. The molecule has 5 heteroatoms. The molecule has 0 aliphatic carbocycles. The minimum Gasteiger partial charge on any atom is -0.465 e. The largest absolute Gasteiger partial charge is 0.465 e. The SMILES string of the molecule is COC(=O)c1ccc(CNCCC(N)=O)cc1. The van der Waals surface area contributed by atoms with Gasteiger partial charge >= 0.3 is 5.97 Å². The second-order valence-corrected chi connectivity index (χ2v) is 3.58. The first-order valence-electron chi connectivity index (χ1n) is 5.29. The van der Waals surface area contributed by atoms with Crippen LogP contribution in [0.2, 0.25) is 0 Å². The van der Waals surface area contributed by atoms with Crippen LogP contribution in [0, 0.1) is 0 Å². The molecular formula is C12H16N2O3. The summed E-state index contributed by atoms with van der Waals surface area (Å²) in [4.78, 5) is 21.7. The van der Waals surface area contributed by atoms with Crippen LogP contribution in [-0.4, -0.2) is 25.5 Å². The molecule has 0 unspecified atom stereocenters. The van der Waals surface area contributed by atoms with Gasteiger partial charge in [-0.05, 0) is 17.7 Å². The summed E-state index contributed by atoms with van der Waals surface area (Å²) in [5, 5.41) is 3.08. The first-order valence-corrected chi connectivity index (χ1v) is 5.29. The molecule has 0 bridgehead atoms. The third-order valence-corrected chi connectivity index (χ3v) is 2.25. The zero-order valence-corrected chi connectivity index (χ0v) is 9.73. The van der Waals surface area contributed by atoms with Crippen molar-refractivity contribution in [3.63, 3.8) is 0 Å². The predicted molar refractivity (Wildman–Crippen MR) is 63.3 cm³/mol. The molecular weight excluding hydrogens is 220 g/mol. The topological polar surface area (TPSA) is 81.4 Å². The van der Waals surface area contributed by atoms with Crippen LogP contribution in [0.5, 0.6) is 0 Å². The van der Waals surface area contributed by atoms with E-state index in [9.17, 15) is 9.59 Å². The van der Waals surface area contributed by atoms with Crippen molar-refractivity contribution in [3.05, 3.63) is 35.4 Å². The van der Waals surface area contributed by atoms with Crippen LogP contribution in [0.15, 0.2) is 24.3 Å². The fourth-order valence-corrected chi connectivity index (χ4v) is 1.32. The standard InChI is InChI=1S/C12H16N2O3/c1-17-12(16)10-4-2-9(3-5-10)8-14-7-6-11(13)15/h2-5,14H,6-8H2,1H3,(H2,13,15). The van der Waals surface area contributed by atoms with Gasteiger partial charge in [-0.25, -0.2) is 4.79 Å². The number of nitrogens with one attached hydrogen (secondary N) is 1. The van der Waals surface area contributed by atoms with E-state index in [-0.39, 0.29) is 11.9 Å². The van der Waals surface area contributed by atoms with E-state index in [2.05, 4.69) is 10.1 Å². The molecule has 0 saturated carbocycles. The van der Waals surface area contributed by atoms with Crippen LogP contribution in [0.25, 0.3) is 0 Å². The lowest BCUT2D eigenvalue weighted by atomic mass is 10.1. The summed E-state index contributed by atoms with van der Waals surface area (Å²) in [6.07, 6.45) is 0.320. The highest BCUT2D eigenvalue weighted by Gasteiger charge is 2.03. The Kier molecular flexibility index (Phi) is 5.16. The second kappa shape index (κ2) is 6.65. The maximum absolute atomic E-state index is 11.2. The molecule has 0 aliphatic rings. The van der Waals surface area contributed by atoms with E-state index in [4.69, 9.17) is 5.73 Å². The highest BCUT2D eigenvalue weighted by molar-refractivity contribution is 5.89. The molecule has 0 fully saturated rings. The van der Waals surface area contributed by atoms with Gasteiger partial charge < -0.3 is 15.8 Å². The monoisotopic (exact) mass is 236 g/mol. The molecule has 0 aliphatic heterocycles. The number of carbonyl (C=O) groups excluding carboxylic acids is 2. The number of benzene rings is 1. The van der Waals surface area contributed by atoms with E-state index in [1.54, 1.807) is 12.1 Å². The zero-order valence-electron chi connectivity index (χ0n) is 9.73. The van der Waals surface area contributed by atoms with Crippen LogP contribution in [0.1, 0.15) is 22.3 Å². The van der Waals surface area contributed by atoms with Gasteiger partial charge in [0, 0.05) is 19.5 Å². The Balaban J connectivity index is 2.40. The van der Waals surface area contributed by atoms with Crippen LogP contribution in [0.4, 0.5) is 0 Å². The quantitative estimate of drug-likeness (QED) is 0.554. The van der Waals surface area contributed by atoms with Gasteiger partial charge in [-0.3, -0.25) is 4.79 Å². The average molecular weight is 236 g/mol. The lowest BCUT2D eigenvalue weighted by Gasteiger charge is -2.04. The van der Waals surface area contributed by atoms with Crippen LogP contribution in [0.3, 0.4) is 0 Å². The number of carbonyl (C=O) groups is 2. The zero-order chi connectivity index (χ0) is 12.7. The van der Waals surface area contributed by atoms with E-state index in [0.29, 0.717) is 25.1 Å². The third kappa shape index (κ3) is 4.65. The molecule has 0 saturated heterocycles. The maximum atomic E-state index is 11.2. The molecule has 0 atom stereocenters. The van der Waals surface area contributed by atoms with Gasteiger partial charge in [0.25, 0.3) is 0 Å². The predicted octanol–water partition coefficient (Wildman–Crippen LogP) is 0.438. The average Bonchev–Trinajstić information content (AvgIpc) is 2.34. The molecule has 0 aromatic heterocycles. The number of primary amides is 1. The highest BCUT2D eigenvalue weighted by Crippen LogP contribution is 2.05. The Bertz CT molecular complexity index is 387. The molecule has 17 heavy (non-hydrogen) atoms. The van der Waals surface area contributed by atoms with E-state index >= 15 is 0 Å². The Morgan fingerprint density at radius 3 is 2.47 bits per heavy atom. The van der Waals surface area contributed by atoms with Crippen molar-refractivity contribution >= 4 is 11.9 Å². The van der Waals surface area contributed by atoms with Crippen molar-refractivity contribution in [3.8, 4) is 0 Å². The van der Waals surface area contributed by atoms with Gasteiger partial charge in [0.15, 0.2) is 0 Å². The molecule has 1 aromatic carbocycles.